The molecule has 216 valence electrons. The average Bonchev–Trinajstić information content (AvgIpc) is 3.25. The molecular formula is C31H39ClN2O6. The highest BCUT2D eigenvalue weighted by Crippen LogP contribution is 2.58. The van der Waals surface area contributed by atoms with Gasteiger partial charge in [-0.15, -0.1) is 0 Å². The zero-order valence-electron chi connectivity index (χ0n) is 23.6. The molecule has 4 aliphatic heterocycles. The standard InChI is InChI=1S/C31H39ClN2O6/c1-5-19(2)22(18-35)34-26-28(37)33(25-20(3)12-10-13-21(25)32)16-11-15-31(26)23(27(34)36)24-29(38)39-17-9-7-6-8-14-30(24,4)40-31/h8,10-15,19,22-24,26,35H,5-7,9,16-18H2,1-4H3/b14-8-/t19-,22-,23-,24+,26?,30-,31-/m0/s1. The maximum absolute atomic E-state index is 14.7. The minimum absolute atomic E-state index is 0.109. The molecule has 1 spiro atoms. The Morgan fingerprint density at radius 2 is 1.90 bits per heavy atom. The van der Waals surface area contributed by atoms with Crippen molar-refractivity contribution in [2.75, 3.05) is 24.7 Å². The lowest BCUT2D eigenvalue weighted by molar-refractivity contribution is -0.160. The molecule has 5 rings (SSSR count). The number of hydrogen-bond acceptors (Lipinski definition) is 6. The van der Waals surface area contributed by atoms with Gasteiger partial charge in [0.25, 0.3) is 5.91 Å². The lowest BCUT2D eigenvalue weighted by Gasteiger charge is -2.41. The maximum atomic E-state index is 14.7. The molecule has 2 fully saturated rings. The van der Waals surface area contributed by atoms with E-state index in [4.69, 9.17) is 21.1 Å². The molecular weight excluding hydrogens is 532 g/mol. The summed E-state index contributed by atoms with van der Waals surface area (Å²) in [6.45, 7) is 7.78. The number of aliphatic hydroxyl groups excluding tert-OH is 1. The van der Waals surface area contributed by atoms with E-state index in [1.165, 1.54) is 4.90 Å². The van der Waals surface area contributed by atoms with Crippen LogP contribution in [-0.2, 0) is 23.9 Å². The zero-order chi connectivity index (χ0) is 28.8. The first-order valence-corrected chi connectivity index (χ1v) is 14.7. The Hall–Kier alpha value is -2.68. The van der Waals surface area contributed by atoms with Crippen molar-refractivity contribution >= 4 is 35.1 Å². The van der Waals surface area contributed by atoms with Crippen LogP contribution in [0, 0.1) is 24.7 Å². The Kier molecular flexibility index (Phi) is 7.89. The number of halogens is 1. The summed E-state index contributed by atoms with van der Waals surface area (Å²) >= 11 is 6.63. The van der Waals surface area contributed by atoms with Crippen molar-refractivity contribution in [2.45, 2.75) is 76.7 Å². The minimum Gasteiger partial charge on any atom is -0.465 e. The van der Waals surface area contributed by atoms with E-state index >= 15 is 0 Å². The van der Waals surface area contributed by atoms with Crippen LogP contribution in [0.25, 0.3) is 0 Å². The number of anilines is 1. The van der Waals surface area contributed by atoms with E-state index in [9.17, 15) is 19.5 Å². The number of benzene rings is 1. The first-order chi connectivity index (χ1) is 19.1. The van der Waals surface area contributed by atoms with E-state index in [1.54, 1.807) is 24.0 Å². The topological polar surface area (TPSA) is 96.4 Å². The fraction of sp³-hybridized carbons (Fsp3) is 0.581. The van der Waals surface area contributed by atoms with Gasteiger partial charge in [-0.2, -0.15) is 0 Å². The number of aryl methyl sites for hydroxylation is 1. The number of rotatable bonds is 5. The van der Waals surface area contributed by atoms with Crippen LogP contribution >= 0.6 is 11.6 Å². The van der Waals surface area contributed by atoms with E-state index in [1.807, 2.05) is 51.1 Å². The number of likely N-dealkylation sites (tertiary alicyclic amines) is 1. The van der Waals surface area contributed by atoms with Gasteiger partial charge in [0, 0.05) is 6.54 Å². The van der Waals surface area contributed by atoms with Crippen molar-refractivity contribution in [1.29, 1.82) is 0 Å². The van der Waals surface area contributed by atoms with Gasteiger partial charge in [0.05, 0.1) is 41.5 Å². The molecule has 4 aliphatic rings. The Balaban J connectivity index is 1.71. The van der Waals surface area contributed by atoms with E-state index < -0.39 is 41.1 Å². The van der Waals surface area contributed by atoms with Gasteiger partial charge in [0.1, 0.15) is 17.6 Å². The second kappa shape index (κ2) is 11.0. The van der Waals surface area contributed by atoms with Crippen LogP contribution in [0.4, 0.5) is 5.69 Å². The molecule has 0 aliphatic carbocycles. The number of hydrogen-bond donors (Lipinski definition) is 1. The van der Waals surface area contributed by atoms with Crippen LogP contribution < -0.4 is 4.90 Å². The smallest absolute Gasteiger partial charge is 0.313 e. The average molecular weight is 571 g/mol. The number of aliphatic hydroxyl groups is 1. The molecule has 40 heavy (non-hydrogen) atoms. The summed E-state index contributed by atoms with van der Waals surface area (Å²) < 4.78 is 12.6. The van der Waals surface area contributed by atoms with Gasteiger partial charge in [-0.3, -0.25) is 14.4 Å². The Bertz CT molecular complexity index is 1230. The molecule has 4 heterocycles. The molecule has 2 amide bonds. The summed E-state index contributed by atoms with van der Waals surface area (Å²) in [5, 5.41) is 11.0. The third-order valence-electron chi connectivity index (χ3n) is 9.24. The quantitative estimate of drug-likeness (QED) is 0.421. The third kappa shape index (κ3) is 4.39. The summed E-state index contributed by atoms with van der Waals surface area (Å²) in [5.41, 5.74) is -1.21. The highest BCUT2D eigenvalue weighted by Gasteiger charge is 2.75. The van der Waals surface area contributed by atoms with Gasteiger partial charge in [-0.25, -0.2) is 0 Å². The van der Waals surface area contributed by atoms with Gasteiger partial charge < -0.3 is 24.4 Å². The third-order valence-corrected chi connectivity index (χ3v) is 9.55. The molecule has 0 saturated carbocycles. The molecule has 1 N–H and O–H groups in total. The van der Waals surface area contributed by atoms with E-state index in [0.717, 1.165) is 24.8 Å². The summed E-state index contributed by atoms with van der Waals surface area (Å²) in [5.74, 6) is -3.30. The molecule has 8 nitrogen and oxygen atoms in total. The van der Waals surface area contributed by atoms with E-state index in [0.29, 0.717) is 17.1 Å². The second-order valence-corrected chi connectivity index (χ2v) is 12.1. The second-order valence-electron chi connectivity index (χ2n) is 11.7. The van der Waals surface area contributed by atoms with E-state index in [-0.39, 0.29) is 37.5 Å². The monoisotopic (exact) mass is 570 g/mol. The minimum atomic E-state index is -1.43. The Labute approximate surface area is 240 Å². The number of cyclic esters (lactones) is 1. The lowest BCUT2D eigenvalue weighted by atomic mass is 9.74. The number of esters is 1. The molecule has 7 atom stereocenters. The van der Waals surface area contributed by atoms with Crippen LogP contribution in [0.15, 0.2) is 42.5 Å². The van der Waals surface area contributed by atoms with Crippen molar-refractivity contribution in [3.05, 3.63) is 53.1 Å². The van der Waals surface area contributed by atoms with Gasteiger partial charge in [0.2, 0.25) is 5.91 Å². The molecule has 0 aromatic heterocycles. The SMILES string of the molecule is CC[C@H](C)[C@H](CO)N1C(=O)[C@@H]2[C@@H]3C(=O)OCCCC/C=C\[C@]3(C)O[C@@]23C=CCN(c2c(C)cccc2Cl)C(=O)C13. The molecule has 1 aromatic rings. The number of fused-ring (bicyclic) bond motifs is 2. The maximum Gasteiger partial charge on any atom is 0.313 e. The predicted molar refractivity (Wildman–Crippen MR) is 152 cm³/mol. The summed E-state index contributed by atoms with van der Waals surface area (Å²) in [4.78, 5) is 46.1. The lowest BCUT2D eigenvalue weighted by Crippen LogP contribution is -2.60. The fourth-order valence-electron chi connectivity index (χ4n) is 7.07. The highest BCUT2D eigenvalue weighted by molar-refractivity contribution is 6.34. The molecule has 2 saturated heterocycles. The van der Waals surface area contributed by atoms with Crippen LogP contribution in [0.3, 0.4) is 0 Å². The van der Waals surface area contributed by atoms with E-state index in [2.05, 4.69) is 0 Å². The molecule has 1 unspecified atom stereocenters. The van der Waals surface area contributed by atoms with Crippen LogP contribution in [0.1, 0.15) is 52.0 Å². The molecule has 9 heteroatoms. The number of nitrogens with zero attached hydrogens (tertiary/aromatic N) is 2. The van der Waals surface area contributed by atoms with Crippen molar-refractivity contribution < 1.29 is 29.0 Å². The highest BCUT2D eigenvalue weighted by atomic mass is 35.5. The molecule has 1 aromatic carbocycles. The first kappa shape index (κ1) is 28.8. The van der Waals surface area contributed by atoms with Crippen molar-refractivity contribution in [3.63, 3.8) is 0 Å². The van der Waals surface area contributed by atoms with Gasteiger partial charge >= 0.3 is 5.97 Å². The zero-order valence-corrected chi connectivity index (χ0v) is 24.4. The number of carbonyl (C=O) groups is 3. The largest absolute Gasteiger partial charge is 0.465 e. The van der Waals surface area contributed by atoms with Crippen molar-refractivity contribution in [2.24, 2.45) is 17.8 Å². The number of carbonyl (C=O) groups excluding carboxylic acids is 3. The summed E-state index contributed by atoms with van der Waals surface area (Å²) in [6, 6.07) is 3.69. The number of para-hydroxylation sites is 1. The van der Waals surface area contributed by atoms with Crippen molar-refractivity contribution in [3.8, 4) is 0 Å². The number of amides is 2. The predicted octanol–water partition coefficient (Wildman–Crippen LogP) is 4.21. The summed E-state index contributed by atoms with van der Waals surface area (Å²) in [7, 11) is 0. The van der Waals surface area contributed by atoms with Crippen LogP contribution in [0.5, 0.6) is 0 Å². The Morgan fingerprint density at radius 3 is 2.60 bits per heavy atom. The molecule has 0 bridgehead atoms. The summed E-state index contributed by atoms with van der Waals surface area (Å²) in [6.07, 6.45) is 10.6. The van der Waals surface area contributed by atoms with Gasteiger partial charge in [0.15, 0.2) is 0 Å². The van der Waals surface area contributed by atoms with Crippen molar-refractivity contribution in [1.82, 2.24) is 4.90 Å². The van der Waals surface area contributed by atoms with Gasteiger partial charge in [-0.05, 0) is 50.7 Å². The fourth-order valence-corrected chi connectivity index (χ4v) is 7.40. The van der Waals surface area contributed by atoms with Crippen LogP contribution in [-0.4, -0.2) is 70.8 Å². The molecule has 0 radical (unpaired) electrons. The Morgan fingerprint density at radius 1 is 1.12 bits per heavy atom. The first-order valence-electron chi connectivity index (χ1n) is 14.3. The van der Waals surface area contributed by atoms with Gasteiger partial charge in [-0.1, -0.05) is 68.3 Å². The van der Waals surface area contributed by atoms with Crippen LogP contribution in [0.2, 0.25) is 5.02 Å². The normalized spacial score (nSPS) is 34.5. The number of allylic oxidation sites excluding steroid dienone is 1. The number of ether oxygens (including phenoxy) is 2.